The molecule has 0 aromatic heterocycles. The fraction of sp³-hybridized carbons (Fsp3) is 0.333. The Morgan fingerprint density at radius 1 is 1.00 bits per heavy atom. The van der Waals surface area contributed by atoms with Gasteiger partial charge in [-0.3, -0.25) is 0 Å². The van der Waals surface area contributed by atoms with E-state index in [1.165, 1.54) is 4.31 Å². The highest BCUT2D eigenvalue weighted by Gasteiger charge is 2.50. The highest BCUT2D eigenvalue weighted by molar-refractivity contribution is 7.89. The topological polar surface area (TPSA) is 57.6 Å². The first-order valence-electron chi connectivity index (χ1n) is 7.76. The third-order valence-electron chi connectivity index (χ3n) is 4.63. The lowest BCUT2D eigenvalue weighted by molar-refractivity contribution is 0.0664. The van der Waals surface area contributed by atoms with E-state index in [0.29, 0.717) is 24.1 Å². The molecule has 2 aromatic carbocycles. The Hall–Kier alpha value is -1.69. The summed E-state index contributed by atoms with van der Waals surface area (Å²) in [6, 6.07) is 18.2. The molecule has 1 fully saturated rings. The molecule has 0 aliphatic carbocycles. The fourth-order valence-corrected chi connectivity index (χ4v) is 5.33. The van der Waals surface area contributed by atoms with Gasteiger partial charge in [0.25, 0.3) is 0 Å². The van der Waals surface area contributed by atoms with E-state index in [-0.39, 0.29) is 0 Å². The lowest BCUT2D eigenvalue weighted by atomic mass is 9.81. The van der Waals surface area contributed by atoms with Crippen LogP contribution in [0.2, 0.25) is 0 Å². The average Bonchev–Trinajstić information content (AvgIpc) is 2.58. The lowest BCUT2D eigenvalue weighted by Crippen LogP contribution is -2.53. The minimum Gasteiger partial charge on any atom is -0.379 e. The Kier molecular flexibility index (Phi) is 4.27. The highest BCUT2D eigenvalue weighted by Crippen LogP contribution is 2.40. The van der Waals surface area contributed by atoms with Crippen LogP contribution in [0.4, 0.5) is 0 Å². The smallest absolute Gasteiger partial charge is 0.220 e. The summed E-state index contributed by atoms with van der Waals surface area (Å²) in [5.41, 5.74) is -0.346. The molecule has 1 atom stereocenters. The van der Waals surface area contributed by atoms with Crippen molar-refractivity contribution in [1.82, 2.24) is 4.31 Å². The molecule has 1 heterocycles. The minimum absolute atomic E-state index is 0.437. The van der Waals surface area contributed by atoms with Gasteiger partial charge in [0, 0.05) is 13.6 Å². The van der Waals surface area contributed by atoms with Crippen molar-refractivity contribution in [2.24, 2.45) is 0 Å². The molecule has 1 saturated heterocycles. The van der Waals surface area contributed by atoms with Crippen LogP contribution in [0.5, 0.6) is 0 Å². The monoisotopic (exact) mass is 331 g/mol. The quantitative estimate of drug-likeness (QED) is 0.939. The van der Waals surface area contributed by atoms with Crippen LogP contribution in [0.25, 0.3) is 0 Å². The fourth-order valence-electron chi connectivity index (χ4n) is 3.34. The van der Waals surface area contributed by atoms with Gasteiger partial charge < -0.3 is 5.11 Å². The summed E-state index contributed by atoms with van der Waals surface area (Å²) in [5, 5.41) is 10.7. The number of benzene rings is 2. The molecule has 1 aliphatic rings. The van der Waals surface area contributed by atoms with Gasteiger partial charge in [-0.25, -0.2) is 12.7 Å². The zero-order valence-corrected chi connectivity index (χ0v) is 13.9. The maximum Gasteiger partial charge on any atom is 0.220 e. The zero-order chi connectivity index (χ0) is 16.5. The molecular formula is C18H21NO3S. The average molecular weight is 331 g/mol. The number of nitrogens with zero attached hydrogens (tertiary/aromatic N) is 1. The zero-order valence-electron chi connectivity index (χ0n) is 13.1. The van der Waals surface area contributed by atoms with Crippen LogP contribution in [-0.4, -0.2) is 36.7 Å². The molecule has 23 heavy (non-hydrogen) atoms. The first kappa shape index (κ1) is 16.2. The van der Waals surface area contributed by atoms with Gasteiger partial charge in [0.2, 0.25) is 10.0 Å². The predicted octanol–water partition coefficient (Wildman–Crippen LogP) is 2.35. The predicted molar refractivity (Wildman–Crippen MR) is 90.5 cm³/mol. The van der Waals surface area contributed by atoms with Crippen LogP contribution in [0.1, 0.15) is 24.0 Å². The van der Waals surface area contributed by atoms with Crippen LogP contribution in [-0.2, 0) is 15.6 Å². The van der Waals surface area contributed by atoms with Crippen LogP contribution < -0.4 is 0 Å². The molecule has 0 amide bonds. The molecule has 4 nitrogen and oxygen atoms in total. The first-order chi connectivity index (χ1) is 11.0. The summed E-state index contributed by atoms with van der Waals surface area (Å²) < 4.78 is 27.1. The summed E-state index contributed by atoms with van der Waals surface area (Å²) in [7, 11) is -1.99. The van der Waals surface area contributed by atoms with E-state index in [2.05, 4.69) is 0 Å². The third-order valence-corrected chi connectivity index (χ3v) is 6.97. The summed E-state index contributed by atoms with van der Waals surface area (Å²) in [6.07, 6.45) is 1.18. The van der Waals surface area contributed by atoms with E-state index < -0.39 is 20.9 Å². The second kappa shape index (κ2) is 6.07. The SMILES string of the molecule is CN1CCC[C@@H](C(O)(c2ccccc2)c2ccccc2)S1(=O)=O. The molecule has 0 spiro atoms. The third kappa shape index (κ3) is 2.69. The van der Waals surface area contributed by atoms with Crippen LogP contribution in [0.3, 0.4) is 0 Å². The molecule has 2 aromatic rings. The van der Waals surface area contributed by atoms with Crippen LogP contribution in [0.15, 0.2) is 60.7 Å². The number of hydrogen-bond acceptors (Lipinski definition) is 3. The van der Waals surface area contributed by atoms with Crippen molar-refractivity contribution in [3.8, 4) is 0 Å². The maximum atomic E-state index is 12.9. The van der Waals surface area contributed by atoms with Gasteiger partial charge in [0.05, 0.1) is 0 Å². The van der Waals surface area contributed by atoms with E-state index in [1.54, 1.807) is 31.3 Å². The normalized spacial score (nSPS) is 21.9. The minimum atomic E-state index is -3.57. The van der Waals surface area contributed by atoms with Gasteiger partial charge in [-0.2, -0.15) is 0 Å². The summed E-state index contributed by atoms with van der Waals surface area (Å²) >= 11 is 0. The Morgan fingerprint density at radius 3 is 1.96 bits per heavy atom. The van der Waals surface area contributed by atoms with Crippen molar-refractivity contribution in [1.29, 1.82) is 0 Å². The van der Waals surface area contributed by atoms with Crippen molar-refractivity contribution in [3.05, 3.63) is 71.8 Å². The van der Waals surface area contributed by atoms with Crippen LogP contribution >= 0.6 is 0 Å². The van der Waals surface area contributed by atoms with Gasteiger partial charge in [-0.15, -0.1) is 0 Å². The van der Waals surface area contributed by atoms with Gasteiger partial charge in [-0.1, -0.05) is 60.7 Å². The van der Waals surface area contributed by atoms with Crippen molar-refractivity contribution in [2.45, 2.75) is 23.7 Å². The van der Waals surface area contributed by atoms with Crippen molar-refractivity contribution < 1.29 is 13.5 Å². The van der Waals surface area contributed by atoms with Gasteiger partial charge >= 0.3 is 0 Å². The van der Waals surface area contributed by atoms with Crippen molar-refractivity contribution >= 4 is 10.0 Å². The van der Waals surface area contributed by atoms with Crippen molar-refractivity contribution in [2.75, 3.05) is 13.6 Å². The van der Waals surface area contributed by atoms with E-state index in [9.17, 15) is 13.5 Å². The van der Waals surface area contributed by atoms with Gasteiger partial charge in [0.15, 0.2) is 0 Å². The molecule has 0 radical (unpaired) electrons. The molecular weight excluding hydrogens is 310 g/mol. The number of rotatable bonds is 3. The molecule has 5 heteroatoms. The van der Waals surface area contributed by atoms with Gasteiger partial charge in [0.1, 0.15) is 10.9 Å². The molecule has 3 rings (SSSR count). The molecule has 122 valence electrons. The molecule has 0 saturated carbocycles. The summed E-state index contributed by atoms with van der Waals surface area (Å²) in [5.74, 6) is 0. The Balaban J connectivity index is 2.21. The number of hydrogen-bond donors (Lipinski definition) is 1. The standard InChI is InChI=1S/C18H21NO3S/c1-19-14-8-13-17(23(19,21)22)18(20,15-9-4-2-5-10-15)16-11-6-3-7-12-16/h2-7,9-12,17,20H,8,13-14H2,1H3/t17-/m0/s1. The maximum absolute atomic E-state index is 12.9. The Morgan fingerprint density at radius 2 is 1.48 bits per heavy atom. The van der Waals surface area contributed by atoms with Gasteiger partial charge in [-0.05, 0) is 24.0 Å². The van der Waals surface area contributed by atoms with Crippen LogP contribution in [0, 0.1) is 0 Å². The number of sulfonamides is 1. The van der Waals surface area contributed by atoms with Crippen molar-refractivity contribution in [3.63, 3.8) is 0 Å². The summed E-state index contributed by atoms with van der Waals surface area (Å²) in [6.45, 7) is 0.499. The largest absolute Gasteiger partial charge is 0.379 e. The Bertz CT molecular complexity index is 720. The second-order valence-electron chi connectivity index (χ2n) is 6.00. The number of aliphatic hydroxyl groups is 1. The molecule has 0 bridgehead atoms. The molecule has 0 unspecified atom stereocenters. The first-order valence-corrected chi connectivity index (χ1v) is 9.26. The lowest BCUT2D eigenvalue weighted by Gasteiger charge is -2.41. The summed E-state index contributed by atoms with van der Waals surface area (Å²) in [4.78, 5) is 0. The van der Waals surface area contributed by atoms with E-state index in [0.717, 1.165) is 6.42 Å². The molecule has 1 aliphatic heterocycles. The second-order valence-corrected chi connectivity index (χ2v) is 8.22. The Labute approximate surface area is 137 Å². The van der Waals surface area contributed by atoms with E-state index >= 15 is 0 Å². The molecule has 1 N–H and O–H groups in total. The highest BCUT2D eigenvalue weighted by atomic mass is 32.2. The van der Waals surface area contributed by atoms with E-state index in [1.807, 2.05) is 36.4 Å². The van der Waals surface area contributed by atoms with E-state index in [4.69, 9.17) is 0 Å².